The van der Waals surface area contributed by atoms with Crippen LogP contribution in [0.1, 0.15) is 55.5 Å². The van der Waals surface area contributed by atoms with Crippen LogP contribution in [0.3, 0.4) is 0 Å². The van der Waals surface area contributed by atoms with Crippen LogP contribution in [0.25, 0.3) is 0 Å². The maximum absolute atomic E-state index is 13.0. The van der Waals surface area contributed by atoms with Gasteiger partial charge in [0.2, 0.25) is 12.2 Å². The lowest BCUT2D eigenvalue weighted by atomic mass is 9.67. The summed E-state index contributed by atoms with van der Waals surface area (Å²) >= 11 is 0. The molecular formula is C27H35N5O2. The fourth-order valence-corrected chi connectivity index (χ4v) is 4.99. The number of nitrogens with one attached hydrogen (secondary N) is 2. The summed E-state index contributed by atoms with van der Waals surface area (Å²) in [4.78, 5) is 19.3. The van der Waals surface area contributed by atoms with E-state index >= 15 is 0 Å². The van der Waals surface area contributed by atoms with Crippen LogP contribution >= 0.6 is 0 Å². The Balaban J connectivity index is 1.79. The zero-order valence-electron chi connectivity index (χ0n) is 20.4. The van der Waals surface area contributed by atoms with E-state index in [2.05, 4.69) is 51.7 Å². The summed E-state index contributed by atoms with van der Waals surface area (Å²) in [5, 5.41) is 15.6. The molecule has 0 unspecified atom stereocenters. The zero-order valence-corrected chi connectivity index (χ0v) is 20.4. The van der Waals surface area contributed by atoms with E-state index in [4.69, 9.17) is 10.00 Å². The number of methoxy groups -OCH3 is 1. The maximum atomic E-state index is 13.0. The second kappa shape index (κ2) is 12.1. The molecule has 0 atom stereocenters. The van der Waals surface area contributed by atoms with Crippen molar-refractivity contribution in [3.8, 4) is 11.9 Å². The largest absolute Gasteiger partial charge is 0.496 e. The van der Waals surface area contributed by atoms with E-state index in [9.17, 15) is 4.79 Å². The highest BCUT2D eigenvalue weighted by molar-refractivity contribution is 5.97. The van der Waals surface area contributed by atoms with Gasteiger partial charge in [-0.3, -0.25) is 4.79 Å². The molecule has 0 spiro atoms. The highest BCUT2D eigenvalue weighted by Crippen LogP contribution is 2.40. The van der Waals surface area contributed by atoms with Gasteiger partial charge in [-0.05, 0) is 57.2 Å². The van der Waals surface area contributed by atoms with Gasteiger partial charge in [0.1, 0.15) is 5.75 Å². The van der Waals surface area contributed by atoms with Gasteiger partial charge in [-0.2, -0.15) is 5.26 Å². The first-order chi connectivity index (χ1) is 16.6. The smallest absolute Gasteiger partial charge is 0.255 e. The molecule has 1 aliphatic carbocycles. The molecule has 1 aliphatic rings. The van der Waals surface area contributed by atoms with Crippen molar-refractivity contribution in [2.24, 2.45) is 4.99 Å². The molecule has 2 aromatic rings. The summed E-state index contributed by atoms with van der Waals surface area (Å²) in [5.74, 6) is 1.10. The number of amides is 1. The lowest BCUT2D eigenvalue weighted by Crippen LogP contribution is -2.51. The van der Waals surface area contributed by atoms with E-state index in [1.165, 1.54) is 5.56 Å². The Labute approximate surface area is 202 Å². The lowest BCUT2D eigenvalue weighted by molar-refractivity contribution is 0.0926. The third-order valence-corrected chi connectivity index (χ3v) is 6.78. The average molecular weight is 462 g/mol. The number of guanidine groups is 1. The Morgan fingerprint density at radius 2 is 1.79 bits per heavy atom. The molecule has 7 heteroatoms. The second-order valence-corrected chi connectivity index (χ2v) is 8.61. The van der Waals surface area contributed by atoms with Gasteiger partial charge < -0.3 is 20.3 Å². The van der Waals surface area contributed by atoms with Crippen LogP contribution in [-0.4, -0.2) is 49.6 Å². The predicted molar refractivity (Wildman–Crippen MR) is 135 cm³/mol. The van der Waals surface area contributed by atoms with Gasteiger partial charge in [0, 0.05) is 31.1 Å². The van der Waals surface area contributed by atoms with Crippen molar-refractivity contribution in [1.29, 1.82) is 5.26 Å². The molecular weight excluding hydrogens is 426 g/mol. The molecule has 1 fully saturated rings. The van der Waals surface area contributed by atoms with Crippen molar-refractivity contribution >= 4 is 11.9 Å². The number of hydrogen-bond donors (Lipinski definition) is 2. The molecule has 2 aromatic carbocycles. The maximum Gasteiger partial charge on any atom is 0.255 e. The number of hydrogen-bond acceptors (Lipinski definition) is 4. The van der Waals surface area contributed by atoms with Gasteiger partial charge in [0.05, 0.1) is 12.7 Å². The molecule has 3 rings (SSSR count). The summed E-state index contributed by atoms with van der Waals surface area (Å²) in [7, 11) is 1.58. The standard InChI is InChI=1S/C27H35N5O2/c1-4-29-26(31-20-28)32(5-2)22-15-17-27(18-16-22,21-11-7-6-8-12-21)19-30-25(33)23-13-9-10-14-24(23)34-3/h6-14,22H,4-5,15-19H2,1-3H3,(H,29,31)(H,30,33)/t22-,27+. The Bertz CT molecular complexity index is 1010. The van der Waals surface area contributed by atoms with Crippen molar-refractivity contribution in [3.63, 3.8) is 0 Å². The van der Waals surface area contributed by atoms with Crippen LogP contribution in [0.2, 0.25) is 0 Å². The van der Waals surface area contributed by atoms with E-state index < -0.39 is 0 Å². The molecule has 0 radical (unpaired) electrons. The number of carbonyl (C=O) groups is 1. The Morgan fingerprint density at radius 1 is 1.12 bits per heavy atom. The van der Waals surface area contributed by atoms with Crippen LogP contribution in [0.5, 0.6) is 5.75 Å². The fraction of sp³-hybridized carbons (Fsp3) is 0.444. The van der Waals surface area contributed by atoms with Crippen LogP contribution in [0.15, 0.2) is 59.6 Å². The minimum Gasteiger partial charge on any atom is -0.496 e. The van der Waals surface area contributed by atoms with Gasteiger partial charge in [-0.25, -0.2) is 0 Å². The molecule has 0 aromatic heterocycles. The second-order valence-electron chi connectivity index (χ2n) is 8.61. The molecule has 0 saturated heterocycles. The van der Waals surface area contributed by atoms with E-state index in [-0.39, 0.29) is 17.4 Å². The predicted octanol–water partition coefficient (Wildman–Crippen LogP) is 4.07. The van der Waals surface area contributed by atoms with E-state index in [0.717, 1.165) is 32.2 Å². The normalized spacial score (nSPS) is 20.2. The summed E-state index contributed by atoms with van der Waals surface area (Å²) in [6.45, 7) is 6.15. The minimum absolute atomic E-state index is 0.124. The first-order valence-corrected chi connectivity index (χ1v) is 12.0. The van der Waals surface area contributed by atoms with Gasteiger partial charge in [-0.15, -0.1) is 4.99 Å². The SMILES string of the molecule is CCNC(=NC#N)N(CC)[C@H]1CC[C@@](CNC(=O)c2ccccc2OC)(c2ccccc2)CC1. The fourth-order valence-electron chi connectivity index (χ4n) is 4.99. The van der Waals surface area contributed by atoms with Crippen LogP contribution in [-0.2, 0) is 5.41 Å². The number of nitrogens with zero attached hydrogens (tertiary/aromatic N) is 3. The van der Waals surface area contributed by atoms with Crippen molar-refractivity contribution in [2.45, 2.75) is 51.0 Å². The summed E-state index contributed by atoms with van der Waals surface area (Å²) in [6, 6.07) is 18.1. The molecule has 0 bridgehead atoms. The summed E-state index contributed by atoms with van der Waals surface area (Å²) in [6.07, 6.45) is 5.68. The van der Waals surface area contributed by atoms with E-state index in [0.29, 0.717) is 30.4 Å². The Morgan fingerprint density at radius 3 is 2.41 bits per heavy atom. The average Bonchev–Trinajstić information content (AvgIpc) is 2.89. The highest BCUT2D eigenvalue weighted by atomic mass is 16.5. The Kier molecular flexibility index (Phi) is 8.92. The van der Waals surface area contributed by atoms with Crippen molar-refractivity contribution in [3.05, 3.63) is 65.7 Å². The van der Waals surface area contributed by atoms with E-state index in [1.54, 1.807) is 19.2 Å². The molecule has 0 heterocycles. The monoisotopic (exact) mass is 461 g/mol. The van der Waals surface area contributed by atoms with Crippen molar-refractivity contribution in [2.75, 3.05) is 26.7 Å². The van der Waals surface area contributed by atoms with Gasteiger partial charge in [0.15, 0.2) is 0 Å². The summed E-state index contributed by atoms with van der Waals surface area (Å²) in [5.41, 5.74) is 1.64. The zero-order chi connectivity index (χ0) is 24.4. The highest BCUT2D eigenvalue weighted by Gasteiger charge is 2.39. The van der Waals surface area contributed by atoms with Crippen molar-refractivity contribution in [1.82, 2.24) is 15.5 Å². The Hall–Kier alpha value is -3.53. The van der Waals surface area contributed by atoms with Crippen molar-refractivity contribution < 1.29 is 9.53 Å². The van der Waals surface area contributed by atoms with Crippen LogP contribution in [0.4, 0.5) is 0 Å². The number of benzene rings is 2. The molecule has 1 saturated carbocycles. The molecule has 180 valence electrons. The number of ether oxygens (including phenoxy) is 1. The molecule has 34 heavy (non-hydrogen) atoms. The molecule has 7 nitrogen and oxygen atoms in total. The molecule has 1 amide bonds. The number of aliphatic imine (C=N–C) groups is 1. The minimum atomic E-state index is -0.153. The third kappa shape index (κ3) is 5.69. The number of carbonyl (C=O) groups excluding carboxylic acids is 1. The first kappa shape index (κ1) is 25.1. The molecule has 2 N–H and O–H groups in total. The lowest BCUT2D eigenvalue weighted by Gasteiger charge is -2.44. The number of para-hydroxylation sites is 1. The third-order valence-electron chi connectivity index (χ3n) is 6.78. The van der Waals surface area contributed by atoms with E-state index in [1.807, 2.05) is 31.3 Å². The first-order valence-electron chi connectivity index (χ1n) is 12.0. The topological polar surface area (TPSA) is 89.8 Å². The van der Waals surface area contributed by atoms with Gasteiger partial charge >= 0.3 is 0 Å². The number of nitriles is 1. The quantitative estimate of drug-likeness (QED) is 0.351. The van der Waals surface area contributed by atoms with Crippen LogP contribution < -0.4 is 15.4 Å². The van der Waals surface area contributed by atoms with Gasteiger partial charge in [0.25, 0.3) is 5.91 Å². The number of rotatable bonds is 8. The molecule has 0 aliphatic heterocycles. The van der Waals surface area contributed by atoms with Gasteiger partial charge in [-0.1, -0.05) is 42.5 Å². The van der Waals surface area contributed by atoms with Crippen LogP contribution in [0, 0.1) is 11.5 Å². The summed E-state index contributed by atoms with van der Waals surface area (Å²) < 4.78 is 5.38.